The number of rotatable bonds is 2. The fourth-order valence-corrected chi connectivity index (χ4v) is 4.45. The molecule has 0 aromatic carbocycles. The highest BCUT2D eigenvalue weighted by molar-refractivity contribution is 5.81. The van der Waals surface area contributed by atoms with E-state index in [0.29, 0.717) is 45.2 Å². The van der Waals surface area contributed by atoms with E-state index in [9.17, 15) is 14.4 Å². The van der Waals surface area contributed by atoms with Gasteiger partial charge in [0.1, 0.15) is 0 Å². The normalized spacial score (nSPS) is 23.6. The van der Waals surface area contributed by atoms with Crippen LogP contribution in [0.25, 0.3) is 0 Å². The summed E-state index contributed by atoms with van der Waals surface area (Å²) in [4.78, 5) is 42.5. The average Bonchev–Trinajstić information content (AvgIpc) is 2.67. The number of piperidine rings is 1. The molecule has 140 valence electrons. The van der Waals surface area contributed by atoms with E-state index in [1.54, 1.807) is 6.92 Å². The van der Waals surface area contributed by atoms with E-state index < -0.39 is 0 Å². The van der Waals surface area contributed by atoms with Crippen LogP contribution in [-0.2, 0) is 14.4 Å². The zero-order chi connectivity index (χ0) is 17.8. The first-order valence-electron chi connectivity index (χ1n) is 9.89. The first kappa shape index (κ1) is 18.2. The lowest BCUT2D eigenvalue weighted by atomic mass is 9.88. The molecule has 0 aromatic heterocycles. The van der Waals surface area contributed by atoms with Gasteiger partial charge in [0.2, 0.25) is 17.7 Å². The molecule has 1 aliphatic carbocycles. The molecular weight excluding hydrogens is 318 g/mol. The highest BCUT2D eigenvalue weighted by Gasteiger charge is 2.33. The second-order valence-corrected chi connectivity index (χ2v) is 7.77. The quantitative estimate of drug-likeness (QED) is 0.759. The van der Waals surface area contributed by atoms with Crippen LogP contribution in [0.3, 0.4) is 0 Å². The Balaban J connectivity index is 1.45. The summed E-state index contributed by atoms with van der Waals surface area (Å²) in [6.07, 6.45) is 7.20. The van der Waals surface area contributed by atoms with Crippen LogP contribution in [0.4, 0.5) is 0 Å². The van der Waals surface area contributed by atoms with E-state index in [4.69, 9.17) is 0 Å². The molecule has 6 nitrogen and oxygen atoms in total. The zero-order valence-electron chi connectivity index (χ0n) is 15.4. The predicted octanol–water partition coefficient (Wildman–Crippen LogP) is 1.50. The summed E-state index contributed by atoms with van der Waals surface area (Å²) in [5, 5.41) is 0. The molecule has 25 heavy (non-hydrogen) atoms. The average molecular weight is 349 g/mol. The molecule has 6 heteroatoms. The van der Waals surface area contributed by atoms with Crippen LogP contribution in [0.1, 0.15) is 51.9 Å². The molecule has 0 atom stereocenters. The summed E-state index contributed by atoms with van der Waals surface area (Å²) in [5.74, 6) is 0.873. The number of piperazine rings is 1. The molecule has 3 fully saturated rings. The molecule has 0 spiro atoms. The van der Waals surface area contributed by atoms with E-state index in [-0.39, 0.29) is 23.7 Å². The van der Waals surface area contributed by atoms with Gasteiger partial charge in [-0.25, -0.2) is 0 Å². The van der Waals surface area contributed by atoms with Crippen LogP contribution >= 0.6 is 0 Å². The lowest BCUT2D eigenvalue weighted by molar-refractivity contribution is -0.146. The van der Waals surface area contributed by atoms with Crippen molar-refractivity contribution >= 4 is 17.7 Å². The fraction of sp³-hybridized carbons (Fsp3) is 0.842. The third-order valence-corrected chi connectivity index (χ3v) is 6.15. The third kappa shape index (κ3) is 4.33. The topological polar surface area (TPSA) is 60.9 Å². The number of amides is 3. The highest BCUT2D eigenvalue weighted by atomic mass is 16.2. The van der Waals surface area contributed by atoms with Crippen LogP contribution < -0.4 is 0 Å². The summed E-state index contributed by atoms with van der Waals surface area (Å²) in [6, 6.07) is 0. The van der Waals surface area contributed by atoms with Crippen molar-refractivity contribution in [2.24, 2.45) is 11.8 Å². The minimum atomic E-state index is 0.0381. The van der Waals surface area contributed by atoms with Gasteiger partial charge in [0, 0.05) is 58.0 Å². The van der Waals surface area contributed by atoms with Gasteiger partial charge >= 0.3 is 0 Å². The Morgan fingerprint density at radius 2 is 1.04 bits per heavy atom. The van der Waals surface area contributed by atoms with Crippen molar-refractivity contribution in [1.82, 2.24) is 14.7 Å². The van der Waals surface area contributed by atoms with Gasteiger partial charge < -0.3 is 14.7 Å². The van der Waals surface area contributed by atoms with E-state index in [0.717, 1.165) is 25.7 Å². The molecule has 1 saturated carbocycles. The Morgan fingerprint density at radius 1 is 0.600 bits per heavy atom. The molecule has 2 heterocycles. The van der Waals surface area contributed by atoms with Gasteiger partial charge in [0.15, 0.2) is 0 Å². The maximum absolute atomic E-state index is 12.7. The van der Waals surface area contributed by atoms with Crippen LogP contribution in [0, 0.1) is 11.8 Å². The van der Waals surface area contributed by atoms with Crippen LogP contribution in [-0.4, -0.2) is 71.7 Å². The van der Waals surface area contributed by atoms with Gasteiger partial charge in [-0.3, -0.25) is 14.4 Å². The molecule has 0 unspecified atom stereocenters. The Labute approximate surface area is 150 Å². The summed E-state index contributed by atoms with van der Waals surface area (Å²) in [6.45, 7) is 5.62. The molecule has 2 saturated heterocycles. The molecular formula is C19H31N3O3. The van der Waals surface area contributed by atoms with Crippen molar-refractivity contribution in [1.29, 1.82) is 0 Å². The largest absolute Gasteiger partial charge is 0.343 e. The first-order chi connectivity index (χ1) is 12.1. The van der Waals surface area contributed by atoms with Gasteiger partial charge in [-0.15, -0.1) is 0 Å². The van der Waals surface area contributed by atoms with Crippen molar-refractivity contribution in [3.05, 3.63) is 0 Å². The smallest absolute Gasteiger partial charge is 0.225 e. The molecule has 0 radical (unpaired) electrons. The number of hydrogen-bond donors (Lipinski definition) is 0. The molecule has 0 bridgehead atoms. The van der Waals surface area contributed by atoms with Crippen LogP contribution in [0.15, 0.2) is 0 Å². The minimum Gasteiger partial charge on any atom is -0.343 e. The molecule has 0 N–H and O–H groups in total. The monoisotopic (exact) mass is 349 g/mol. The van der Waals surface area contributed by atoms with Gasteiger partial charge in [-0.2, -0.15) is 0 Å². The Kier molecular flexibility index (Phi) is 5.97. The van der Waals surface area contributed by atoms with Gasteiger partial charge in [0.05, 0.1) is 0 Å². The van der Waals surface area contributed by atoms with E-state index in [1.807, 2.05) is 14.7 Å². The van der Waals surface area contributed by atoms with Crippen molar-refractivity contribution < 1.29 is 14.4 Å². The Hall–Kier alpha value is -1.59. The summed E-state index contributed by atoms with van der Waals surface area (Å²) >= 11 is 0. The summed E-state index contributed by atoms with van der Waals surface area (Å²) in [7, 11) is 0. The molecule has 3 aliphatic rings. The van der Waals surface area contributed by atoms with Crippen molar-refractivity contribution in [2.45, 2.75) is 51.9 Å². The predicted molar refractivity (Wildman–Crippen MR) is 94.7 cm³/mol. The first-order valence-corrected chi connectivity index (χ1v) is 9.89. The molecule has 3 amide bonds. The zero-order valence-corrected chi connectivity index (χ0v) is 15.4. The number of hydrogen-bond acceptors (Lipinski definition) is 3. The minimum absolute atomic E-state index is 0.0381. The third-order valence-electron chi connectivity index (χ3n) is 6.15. The second kappa shape index (κ2) is 8.19. The fourth-order valence-electron chi connectivity index (χ4n) is 4.45. The van der Waals surface area contributed by atoms with Gasteiger partial charge in [-0.05, 0) is 25.7 Å². The summed E-state index contributed by atoms with van der Waals surface area (Å²) in [5.41, 5.74) is 0. The standard InChI is InChI=1S/C19H31N3O3/c1-15(23)20-9-7-17(8-10-20)19(25)22-13-11-21(12-14-22)18(24)16-5-3-2-4-6-16/h16-17H,2-14H2,1H3. The highest BCUT2D eigenvalue weighted by Crippen LogP contribution is 2.26. The number of carbonyl (C=O) groups is 3. The van der Waals surface area contributed by atoms with E-state index in [2.05, 4.69) is 0 Å². The Bertz CT molecular complexity index is 500. The van der Waals surface area contributed by atoms with Gasteiger partial charge in [-0.1, -0.05) is 19.3 Å². The molecule has 2 aliphatic heterocycles. The number of likely N-dealkylation sites (tertiary alicyclic amines) is 1. The van der Waals surface area contributed by atoms with Crippen molar-refractivity contribution in [2.75, 3.05) is 39.3 Å². The van der Waals surface area contributed by atoms with E-state index >= 15 is 0 Å². The lowest BCUT2D eigenvalue weighted by Gasteiger charge is -2.39. The number of carbonyl (C=O) groups excluding carboxylic acids is 3. The molecule has 0 aromatic rings. The SMILES string of the molecule is CC(=O)N1CCC(C(=O)N2CCN(C(=O)C3CCCCC3)CC2)CC1. The maximum atomic E-state index is 12.7. The second-order valence-electron chi connectivity index (χ2n) is 7.77. The lowest BCUT2D eigenvalue weighted by Crippen LogP contribution is -2.54. The molecule has 3 rings (SSSR count). The summed E-state index contributed by atoms with van der Waals surface area (Å²) < 4.78 is 0. The Morgan fingerprint density at radius 3 is 1.48 bits per heavy atom. The van der Waals surface area contributed by atoms with Gasteiger partial charge in [0.25, 0.3) is 0 Å². The van der Waals surface area contributed by atoms with Crippen LogP contribution in [0.2, 0.25) is 0 Å². The number of nitrogens with zero attached hydrogens (tertiary/aromatic N) is 3. The van der Waals surface area contributed by atoms with E-state index in [1.165, 1.54) is 19.3 Å². The van der Waals surface area contributed by atoms with Crippen LogP contribution in [0.5, 0.6) is 0 Å². The van der Waals surface area contributed by atoms with Crippen molar-refractivity contribution in [3.63, 3.8) is 0 Å². The van der Waals surface area contributed by atoms with Crippen molar-refractivity contribution in [3.8, 4) is 0 Å². The maximum Gasteiger partial charge on any atom is 0.225 e.